The molecular weight excluding hydrogens is 210 g/mol. The summed E-state index contributed by atoms with van der Waals surface area (Å²) in [6, 6.07) is 0.621. The van der Waals surface area contributed by atoms with Crippen LogP contribution in [0.3, 0.4) is 0 Å². The van der Waals surface area contributed by atoms with Crippen LogP contribution in [0.1, 0.15) is 59.3 Å². The smallest absolute Gasteiger partial charge is 0.192 e. The Bertz CT molecular complexity index is 290. The van der Waals surface area contributed by atoms with Crippen LogP contribution in [-0.2, 0) is 0 Å². The van der Waals surface area contributed by atoms with Gasteiger partial charge >= 0.3 is 0 Å². The molecule has 98 valence electrons. The first kappa shape index (κ1) is 12.7. The lowest BCUT2D eigenvalue weighted by atomic mass is 9.85. The van der Waals surface area contributed by atoms with Gasteiger partial charge in [-0.3, -0.25) is 4.99 Å². The topological polar surface area (TPSA) is 41.6 Å². The highest BCUT2D eigenvalue weighted by Crippen LogP contribution is 2.35. The number of nitrogens with two attached hydrogens (primary N) is 1. The van der Waals surface area contributed by atoms with Gasteiger partial charge in [-0.15, -0.1) is 0 Å². The highest BCUT2D eigenvalue weighted by atomic mass is 15.4. The molecule has 0 aromatic carbocycles. The molecule has 2 rings (SSSR count). The Morgan fingerprint density at radius 3 is 2.35 bits per heavy atom. The van der Waals surface area contributed by atoms with E-state index in [1.54, 1.807) is 0 Å². The summed E-state index contributed by atoms with van der Waals surface area (Å²) in [5, 5.41) is 0. The lowest BCUT2D eigenvalue weighted by Gasteiger charge is -2.44. The van der Waals surface area contributed by atoms with Crippen molar-refractivity contribution in [3.63, 3.8) is 0 Å². The van der Waals surface area contributed by atoms with E-state index in [0.717, 1.165) is 12.5 Å². The van der Waals surface area contributed by atoms with Crippen LogP contribution in [0.2, 0.25) is 0 Å². The average molecular weight is 237 g/mol. The second kappa shape index (κ2) is 4.87. The lowest BCUT2D eigenvalue weighted by Crippen LogP contribution is -2.57. The van der Waals surface area contributed by atoms with Gasteiger partial charge in [-0.1, -0.05) is 39.5 Å². The molecule has 2 aliphatic rings. The minimum absolute atomic E-state index is 0.138. The summed E-state index contributed by atoms with van der Waals surface area (Å²) < 4.78 is 0. The number of guanidine groups is 1. The summed E-state index contributed by atoms with van der Waals surface area (Å²) in [5.74, 6) is 1.38. The van der Waals surface area contributed by atoms with E-state index in [0.29, 0.717) is 12.0 Å². The van der Waals surface area contributed by atoms with E-state index in [9.17, 15) is 0 Å². The summed E-state index contributed by atoms with van der Waals surface area (Å²) in [6.45, 7) is 7.77. The molecule has 1 saturated carbocycles. The lowest BCUT2D eigenvalue weighted by molar-refractivity contribution is 0.107. The van der Waals surface area contributed by atoms with Gasteiger partial charge < -0.3 is 10.6 Å². The van der Waals surface area contributed by atoms with Crippen molar-refractivity contribution in [2.75, 3.05) is 6.54 Å². The Labute approximate surface area is 105 Å². The normalized spacial score (nSPS) is 31.8. The molecule has 0 amide bonds. The largest absolute Gasteiger partial charge is 0.370 e. The summed E-state index contributed by atoms with van der Waals surface area (Å²) in [4.78, 5) is 6.97. The molecule has 0 spiro atoms. The van der Waals surface area contributed by atoms with Crippen LogP contribution >= 0.6 is 0 Å². The van der Waals surface area contributed by atoms with Gasteiger partial charge in [-0.2, -0.15) is 0 Å². The third-order valence-electron chi connectivity index (χ3n) is 4.79. The first-order chi connectivity index (χ1) is 8.05. The highest BCUT2D eigenvalue weighted by molar-refractivity contribution is 5.81. The zero-order valence-electron chi connectivity index (χ0n) is 11.6. The van der Waals surface area contributed by atoms with Crippen LogP contribution in [0, 0.1) is 5.92 Å². The van der Waals surface area contributed by atoms with E-state index in [2.05, 4.69) is 30.7 Å². The fourth-order valence-corrected chi connectivity index (χ4v) is 3.24. The van der Waals surface area contributed by atoms with Crippen molar-refractivity contribution in [3.05, 3.63) is 0 Å². The molecule has 1 fully saturated rings. The second-order valence-corrected chi connectivity index (χ2v) is 6.20. The van der Waals surface area contributed by atoms with Gasteiger partial charge in [-0.05, 0) is 25.7 Å². The predicted octanol–water partition coefficient (Wildman–Crippen LogP) is 2.75. The molecule has 0 aromatic rings. The maximum absolute atomic E-state index is 6.15. The van der Waals surface area contributed by atoms with Gasteiger partial charge in [0.2, 0.25) is 0 Å². The molecule has 3 nitrogen and oxygen atoms in total. The number of nitrogens with zero attached hydrogens (tertiary/aromatic N) is 2. The molecule has 0 aromatic heterocycles. The monoisotopic (exact) mass is 237 g/mol. The average Bonchev–Trinajstić information content (AvgIpc) is 2.50. The van der Waals surface area contributed by atoms with Crippen molar-refractivity contribution in [1.82, 2.24) is 4.90 Å². The van der Waals surface area contributed by atoms with Gasteiger partial charge in [0.1, 0.15) is 0 Å². The van der Waals surface area contributed by atoms with E-state index in [-0.39, 0.29) is 5.54 Å². The van der Waals surface area contributed by atoms with Crippen molar-refractivity contribution >= 4 is 5.96 Å². The van der Waals surface area contributed by atoms with Crippen LogP contribution in [-0.4, -0.2) is 29.0 Å². The van der Waals surface area contributed by atoms with E-state index < -0.39 is 0 Å². The summed E-state index contributed by atoms with van der Waals surface area (Å²) in [6.07, 6.45) is 8.06. The third kappa shape index (κ3) is 2.29. The Balaban J connectivity index is 2.17. The Morgan fingerprint density at radius 2 is 1.82 bits per heavy atom. The molecule has 1 aliphatic carbocycles. The Morgan fingerprint density at radius 1 is 1.24 bits per heavy atom. The molecule has 1 heterocycles. The van der Waals surface area contributed by atoms with Crippen LogP contribution < -0.4 is 5.73 Å². The minimum atomic E-state index is 0.138. The maximum Gasteiger partial charge on any atom is 0.192 e. The minimum Gasteiger partial charge on any atom is -0.370 e. The molecule has 1 aliphatic heterocycles. The molecule has 3 heteroatoms. The number of hydrogen-bond acceptors (Lipinski definition) is 3. The fraction of sp³-hybridized carbons (Fsp3) is 0.929. The fourth-order valence-electron chi connectivity index (χ4n) is 3.24. The van der Waals surface area contributed by atoms with Gasteiger partial charge in [0.25, 0.3) is 0 Å². The molecule has 1 unspecified atom stereocenters. The van der Waals surface area contributed by atoms with Crippen molar-refractivity contribution in [3.8, 4) is 0 Å². The zero-order chi connectivity index (χ0) is 12.5. The zero-order valence-corrected chi connectivity index (χ0v) is 11.6. The summed E-state index contributed by atoms with van der Waals surface area (Å²) >= 11 is 0. The molecule has 0 radical (unpaired) electrons. The quantitative estimate of drug-likeness (QED) is 0.750. The van der Waals surface area contributed by atoms with Crippen LogP contribution in [0.15, 0.2) is 4.99 Å². The molecule has 17 heavy (non-hydrogen) atoms. The maximum atomic E-state index is 6.15. The van der Waals surface area contributed by atoms with Crippen molar-refractivity contribution in [2.24, 2.45) is 16.6 Å². The van der Waals surface area contributed by atoms with Gasteiger partial charge in [0.05, 0.1) is 12.1 Å². The SMILES string of the molecule is CC(C)C1(C)CN=C(N)N1C1CCCCCC1. The van der Waals surface area contributed by atoms with Gasteiger partial charge in [0.15, 0.2) is 5.96 Å². The van der Waals surface area contributed by atoms with Crippen molar-refractivity contribution in [1.29, 1.82) is 0 Å². The predicted molar refractivity (Wildman–Crippen MR) is 73.1 cm³/mol. The van der Waals surface area contributed by atoms with E-state index in [1.165, 1.54) is 38.5 Å². The number of rotatable bonds is 2. The molecule has 0 saturated heterocycles. The second-order valence-electron chi connectivity index (χ2n) is 6.20. The molecule has 2 N–H and O–H groups in total. The van der Waals surface area contributed by atoms with E-state index in [4.69, 9.17) is 5.73 Å². The molecule has 1 atom stereocenters. The third-order valence-corrected chi connectivity index (χ3v) is 4.79. The highest BCUT2D eigenvalue weighted by Gasteiger charge is 2.43. The first-order valence-electron chi connectivity index (χ1n) is 7.15. The van der Waals surface area contributed by atoms with Crippen molar-refractivity contribution < 1.29 is 0 Å². The van der Waals surface area contributed by atoms with Crippen LogP contribution in [0.4, 0.5) is 0 Å². The van der Waals surface area contributed by atoms with E-state index in [1.807, 2.05) is 0 Å². The summed E-state index contributed by atoms with van der Waals surface area (Å²) in [7, 11) is 0. The number of aliphatic imine (C=N–C) groups is 1. The van der Waals surface area contributed by atoms with Crippen LogP contribution in [0.25, 0.3) is 0 Å². The Hall–Kier alpha value is -0.730. The van der Waals surface area contributed by atoms with Crippen LogP contribution in [0.5, 0.6) is 0 Å². The standard InChI is InChI=1S/C14H27N3/c1-11(2)14(3)10-16-13(15)17(14)12-8-6-4-5-7-9-12/h11-12H,4-10H2,1-3H3,(H2,15,16). The van der Waals surface area contributed by atoms with Gasteiger partial charge in [0, 0.05) is 6.04 Å². The molecular formula is C14H27N3. The van der Waals surface area contributed by atoms with E-state index >= 15 is 0 Å². The molecule has 0 bridgehead atoms. The first-order valence-corrected chi connectivity index (χ1v) is 7.15. The Kier molecular flexibility index (Phi) is 3.64. The van der Waals surface area contributed by atoms with Crippen molar-refractivity contribution in [2.45, 2.75) is 70.9 Å². The number of hydrogen-bond donors (Lipinski definition) is 1. The summed E-state index contributed by atoms with van der Waals surface area (Å²) in [5.41, 5.74) is 6.29. The van der Waals surface area contributed by atoms with Gasteiger partial charge in [-0.25, -0.2) is 0 Å².